The minimum Gasteiger partial charge on any atom is -0.342 e. The molecule has 0 aromatic heterocycles. The van der Waals surface area contributed by atoms with Crippen LogP contribution in [0, 0.1) is 5.92 Å². The van der Waals surface area contributed by atoms with E-state index in [9.17, 15) is 9.59 Å². The van der Waals surface area contributed by atoms with Crippen LogP contribution in [0.5, 0.6) is 0 Å². The molecule has 1 heterocycles. The Morgan fingerprint density at radius 1 is 1.08 bits per heavy atom. The molecule has 1 aromatic rings. The van der Waals surface area contributed by atoms with E-state index < -0.39 is 0 Å². The van der Waals surface area contributed by atoms with Gasteiger partial charge in [0.15, 0.2) is 0 Å². The molecule has 1 aliphatic heterocycles. The predicted molar refractivity (Wildman–Crippen MR) is 102 cm³/mol. The molecule has 25 heavy (non-hydrogen) atoms. The van der Waals surface area contributed by atoms with Crippen molar-refractivity contribution in [1.82, 2.24) is 9.80 Å². The van der Waals surface area contributed by atoms with E-state index in [1.54, 1.807) is 23.1 Å². The van der Waals surface area contributed by atoms with Crippen molar-refractivity contribution in [2.75, 3.05) is 26.2 Å². The molecule has 2 amide bonds. The molecule has 1 aliphatic rings. The highest BCUT2D eigenvalue weighted by Crippen LogP contribution is 2.25. The lowest BCUT2D eigenvalue weighted by molar-refractivity contribution is -0.137. The molecule has 6 heteroatoms. The van der Waals surface area contributed by atoms with Gasteiger partial charge in [0.2, 0.25) is 5.91 Å². The second kappa shape index (κ2) is 9.44. The molecule has 0 atom stereocenters. The number of halogens is 2. The number of likely N-dealkylation sites (tertiary alicyclic amines) is 1. The van der Waals surface area contributed by atoms with Crippen LogP contribution >= 0.6 is 23.2 Å². The number of carbonyl (C=O) groups is 2. The molecule has 0 aliphatic carbocycles. The molecule has 1 saturated heterocycles. The van der Waals surface area contributed by atoms with Crippen LogP contribution in [0.3, 0.4) is 0 Å². The van der Waals surface area contributed by atoms with Crippen molar-refractivity contribution in [2.24, 2.45) is 5.92 Å². The van der Waals surface area contributed by atoms with Gasteiger partial charge in [-0.15, -0.1) is 0 Å². The minimum absolute atomic E-state index is 0.0240. The van der Waals surface area contributed by atoms with Gasteiger partial charge in [0, 0.05) is 37.7 Å². The number of rotatable bonds is 6. The van der Waals surface area contributed by atoms with Gasteiger partial charge in [0.1, 0.15) is 0 Å². The summed E-state index contributed by atoms with van der Waals surface area (Å²) >= 11 is 11.9. The second-order valence-electron chi connectivity index (χ2n) is 6.52. The molecular formula is C19H26Cl2N2O2. The van der Waals surface area contributed by atoms with Crippen molar-refractivity contribution in [3.8, 4) is 0 Å². The zero-order chi connectivity index (χ0) is 18.4. The van der Waals surface area contributed by atoms with E-state index in [0.717, 1.165) is 38.8 Å². The van der Waals surface area contributed by atoms with Crippen LogP contribution in [0.4, 0.5) is 0 Å². The fraction of sp³-hybridized carbons (Fsp3) is 0.579. The molecular weight excluding hydrogens is 359 g/mol. The summed E-state index contributed by atoms with van der Waals surface area (Å²) in [5.74, 6) is 0.213. The van der Waals surface area contributed by atoms with Gasteiger partial charge in [-0.25, -0.2) is 0 Å². The summed E-state index contributed by atoms with van der Waals surface area (Å²) in [5, 5.41) is 0.821. The molecule has 0 N–H and O–H groups in total. The van der Waals surface area contributed by atoms with Gasteiger partial charge >= 0.3 is 0 Å². The Morgan fingerprint density at radius 2 is 1.68 bits per heavy atom. The monoisotopic (exact) mass is 384 g/mol. The fourth-order valence-electron chi connectivity index (χ4n) is 3.27. The number of carbonyl (C=O) groups excluding carboxylic acids is 2. The Hall–Kier alpha value is -1.26. The third kappa shape index (κ3) is 5.11. The maximum absolute atomic E-state index is 12.7. The maximum atomic E-state index is 12.7. The molecule has 0 unspecified atom stereocenters. The Kier molecular flexibility index (Phi) is 7.57. The maximum Gasteiger partial charge on any atom is 0.253 e. The largest absolute Gasteiger partial charge is 0.342 e. The van der Waals surface area contributed by atoms with Crippen molar-refractivity contribution in [3.63, 3.8) is 0 Å². The molecule has 138 valence electrons. The Labute approximate surface area is 160 Å². The Bertz CT molecular complexity index is 607. The molecule has 0 radical (unpaired) electrons. The first-order valence-electron chi connectivity index (χ1n) is 9.01. The average Bonchev–Trinajstić information content (AvgIpc) is 2.63. The van der Waals surface area contributed by atoms with Gasteiger partial charge < -0.3 is 9.80 Å². The van der Waals surface area contributed by atoms with Crippen LogP contribution in [0.15, 0.2) is 18.2 Å². The van der Waals surface area contributed by atoms with Crippen molar-refractivity contribution < 1.29 is 9.59 Å². The lowest BCUT2D eigenvalue weighted by Gasteiger charge is -2.34. The van der Waals surface area contributed by atoms with Gasteiger partial charge in [-0.05, 0) is 43.9 Å². The average molecular weight is 385 g/mol. The van der Waals surface area contributed by atoms with Gasteiger partial charge in [0.25, 0.3) is 5.91 Å². The molecule has 4 nitrogen and oxygen atoms in total. The number of amides is 2. The highest BCUT2D eigenvalue weighted by atomic mass is 35.5. The Balaban J connectivity index is 1.95. The summed E-state index contributed by atoms with van der Waals surface area (Å²) in [6, 6.07) is 4.94. The fourth-order valence-corrected chi connectivity index (χ4v) is 3.57. The molecule has 1 fully saturated rings. The summed E-state index contributed by atoms with van der Waals surface area (Å²) in [7, 11) is 0. The normalized spacial score (nSPS) is 15.3. The summed E-state index contributed by atoms with van der Waals surface area (Å²) < 4.78 is 0. The molecule has 2 rings (SSSR count). The summed E-state index contributed by atoms with van der Waals surface area (Å²) in [4.78, 5) is 29.1. The third-order valence-corrected chi connectivity index (χ3v) is 5.34. The van der Waals surface area contributed by atoms with E-state index in [1.165, 1.54) is 0 Å². The summed E-state index contributed by atoms with van der Waals surface area (Å²) in [6.07, 6.45) is 3.38. The zero-order valence-electron chi connectivity index (χ0n) is 14.9. The second-order valence-corrected chi connectivity index (χ2v) is 7.34. The van der Waals surface area contributed by atoms with Crippen LogP contribution in [0.2, 0.25) is 10.0 Å². The standard InChI is InChI=1S/C19H26Cl2N2O2/c1-3-9-22(10-4-2)18(24)14-7-11-23(12-8-14)19(25)15-5-6-16(20)17(21)13-15/h5-6,13-14H,3-4,7-12H2,1-2H3. The third-order valence-electron chi connectivity index (χ3n) is 4.60. The lowest BCUT2D eigenvalue weighted by atomic mass is 9.94. The van der Waals surface area contributed by atoms with Crippen LogP contribution in [0.1, 0.15) is 49.9 Å². The van der Waals surface area contributed by atoms with Gasteiger partial charge in [-0.2, -0.15) is 0 Å². The smallest absolute Gasteiger partial charge is 0.253 e. The Morgan fingerprint density at radius 3 is 2.20 bits per heavy atom. The molecule has 0 bridgehead atoms. The van der Waals surface area contributed by atoms with Crippen LogP contribution < -0.4 is 0 Å². The molecule has 1 aromatic carbocycles. The SMILES string of the molecule is CCCN(CCC)C(=O)C1CCN(C(=O)c2ccc(Cl)c(Cl)c2)CC1. The van der Waals surface area contributed by atoms with E-state index >= 15 is 0 Å². The van der Waals surface area contributed by atoms with Gasteiger partial charge in [-0.3, -0.25) is 9.59 Å². The summed E-state index contributed by atoms with van der Waals surface area (Å²) in [6.45, 7) is 7.01. The van der Waals surface area contributed by atoms with Crippen LogP contribution in [-0.2, 0) is 4.79 Å². The van der Waals surface area contributed by atoms with E-state index in [4.69, 9.17) is 23.2 Å². The molecule has 0 spiro atoms. The number of nitrogens with zero attached hydrogens (tertiary/aromatic N) is 2. The van der Waals surface area contributed by atoms with Crippen molar-refractivity contribution >= 4 is 35.0 Å². The quantitative estimate of drug-likeness (QED) is 0.724. The number of hydrogen-bond acceptors (Lipinski definition) is 2. The van der Waals surface area contributed by atoms with Crippen LogP contribution in [-0.4, -0.2) is 47.8 Å². The number of benzene rings is 1. The number of hydrogen-bond donors (Lipinski definition) is 0. The van der Waals surface area contributed by atoms with Crippen LogP contribution in [0.25, 0.3) is 0 Å². The summed E-state index contributed by atoms with van der Waals surface area (Å²) in [5.41, 5.74) is 0.540. The van der Waals surface area contributed by atoms with E-state index in [0.29, 0.717) is 28.7 Å². The van der Waals surface area contributed by atoms with Crippen molar-refractivity contribution in [2.45, 2.75) is 39.5 Å². The van der Waals surface area contributed by atoms with E-state index in [-0.39, 0.29) is 17.7 Å². The first-order valence-corrected chi connectivity index (χ1v) is 9.76. The van der Waals surface area contributed by atoms with E-state index in [2.05, 4.69) is 13.8 Å². The predicted octanol–water partition coefficient (Wildman–Crippen LogP) is 4.49. The highest BCUT2D eigenvalue weighted by molar-refractivity contribution is 6.42. The van der Waals surface area contributed by atoms with Gasteiger partial charge in [-0.1, -0.05) is 37.0 Å². The lowest BCUT2D eigenvalue weighted by Crippen LogP contribution is -2.44. The van der Waals surface area contributed by atoms with Crippen molar-refractivity contribution in [3.05, 3.63) is 33.8 Å². The first-order chi connectivity index (χ1) is 12.0. The van der Waals surface area contributed by atoms with Crippen molar-refractivity contribution in [1.29, 1.82) is 0 Å². The topological polar surface area (TPSA) is 40.6 Å². The number of piperidine rings is 1. The highest BCUT2D eigenvalue weighted by Gasteiger charge is 2.30. The van der Waals surface area contributed by atoms with E-state index in [1.807, 2.05) is 4.90 Å². The van der Waals surface area contributed by atoms with Gasteiger partial charge in [0.05, 0.1) is 10.0 Å². The first kappa shape index (κ1) is 20.1. The zero-order valence-corrected chi connectivity index (χ0v) is 16.4. The minimum atomic E-state index is -0.0524. The molecule has 0 saturated carbocycles.